The number of hydrogen-bond acceptors (Lipinski definition) is 2. The van der Waals surface area contributed by atoms with E-state index in [4.69, 9.17) is 5.73 Å². The van der Waals surface area contributed by atoms with E-state index >= 15 is 0 Å². The molecule has 3 rings (SSSR count). The fourth-order valence-corrected chi connectivity index (χ4v) is 3.10. The number of amides is 1. The molecule has 0 bridgehead atoms. The fraction of sp³-hybridized carbons (Fsp3) is 0.278. The standard InChI is InChI=1S/C18H20N2O.ClH/c19-16-10-3-4-11-17(16)20-18(21)12-14-8-5-7-13-6-1-2-9-15(13)14;/h1-4,6,9-11,14H,5,7-8,12,19H2,(H,20,21);1H. The lowest BCUT2D eigenvalue weighted by molar-refractivity contribution is -0.116. The number of carbonyl (C=O) groups is 1. The number of halogens is 1. The molecule has 1 amide bonds. The van der Waals surface area contributed by atoms with Crippen LogP contribution in [0.3, 0.4) is 0 Å². The van der Waals surface area contributed by atoms with Crippen molar-refractivity contribution in [2.75, 3.05) is 11.1 Å². The van der Waals surface area contributed by atoms with Crippen LogP contribution in [-0.4, -0.2) is 5.91 Å². The van der Waals surface area contributed by atoms with E-state index in [0.717, 1.165) is 19.3 Å². The van der Waals surface area contributed by atoms with Gasteiger partial charge in [-0.2, -0.15) is 0 Å². The molecule has 4 heteroatoms. The quantitative estimate of drug-likeness (QED) is 0.836. The SMILES string of the molecule is Cl.Nc1ccccc1NC(=O)CC1CCCc2ccccc21. The summed E-state index contributed by atoms with van der Waals surface area (Å²) in [6.07, 6.45) is 3.88. The lowest BCUT2D eigenvalue weighted by Gasteiger charge is -2.25. The number of nitrogen functional groups attached to an aromatic ring is 1. The number of benzene rings is 2. The van der Waals surface area contributed by atoms with Gasteiger partial charge in [0.1, 0.15) is 0 Å². The largest absolute Gasteiger partial charge is 0.397 e. The Labute approximate surface area is 137 Å². The number of hydrogen-bond donors (Lipinski definition) is 2. The second-order valence-corrected chi connectivity index (χ2v) is 5.63. The van der Waals surface area contributed by atoms with Crippen molar-refractivity contribution < 1.29 is 4.79 Å². The van der Waals surface area contributed by atoms with Gasteiger partial charge in [-0.05, 0) is 48.4 Å². The molecular weight excluding hydrogens is 296 g/mol. The summed E-state index contributed by atoms with van der Waals surface area (Å²) in [7, 11) is 0. The molecule has 1 atom stereocenters. The maximum Gasteiger partial charge on any atom is 0.225 e. The number of nitrogens with one attached hydrogen (secondary N) is 1. The second kappa shape index (κ2) is 7.32. The average Bonchev–Trinajstić information content (AvgIpc) is 2.50. The van der Waals surface area contributed by atoms with Crippen LogP contribution < -0.4 is 11.1 Å². The lowest BCUT2D eigenvalue weighted by atomic mass is 9.81. The van der Waals surface area contributed by atoms with Gasteiger partial charge in [-0.15, -0.1) is 12.4 Å². The first-order chi connectivity index (χ1) is 10.2. The van der Waals surface area contributed by atoms with Gasteiger partial charge in [0, 0.05) is 6.42 Å². The monoisotopic (exact) mass is 316 g/mol. The first-order valence-corrected chi connectivity index (χ1v) is 7.46. The van der Waals surface area contributed by atoms with Gasteiger partial charge in [0.25, 0.3) is 0 Å². The number of para-hydroxylation sites is 2. The predicted octanol–water partition coefficient (Wildman–Crippen LogP) is 4.14. The third kappa shape index (κ3) is 3.60. The van der Waals surface area contributed by atoms with Crippen LogP contribution in [0.25, 0.3) is 0 Å². The van der Waals surface area contributed by atoms with Gasteiger partial charge in [-0.1, -0.05) is 36.4 Å². The number of anilines is 2. The van der Waals surface area contributed by atoms with Crippen molar-refractivity contribution in [2.24, 2.45) is 0 Å². The molecule has 0 aromatic heterocycles. The zero-order valence-electron chi connectivity index (χ0n) is 12.4. The molecule has 116 valence electrons. The highest BCUT2D eigenvalue weighted by Gasteiger charge is 2.22. The van der Waals surface area contributed by atoms with Crippen molar-refractivity contribution in [3.63, 3.8) is 0 Å². The average molecular weight is 317 g/mol. The van der Waals surface area contributed by atoms with Gasteiger partial charge in [0.15, 0.2) is 0 Å². The van der Waals surface area contributed by atoms with Crippen LogP contribution in [0, 0.1) is 0 Å². The van der Waals surface area contributed by atoms with E-state index in [9.17, 15) is 4.79 Å². The van der Waals surface area contributed by atoms with Crippen LogP contribution in [0.15, 0.2) is 48.5 Å². The van der Waals surface area contributed by atoms with Crippen LogP contribution in [0.2, 0.25) is 0 Å². The van der Waals surface area contributed by atoms with Crippen LogP contribution in [-0.2, 0) is 11.2 Å². The number of aryl methyl sites for hydroxylation is 1. The predicted molar refractivity (Wildman–Crippen MR) is 93.5 cm³/mol. The van der Waals surface area contributed by atoms with E-state index in [1.54, 1.807) is 6.07 Å². The van der Waals surface area contributed by atoms with Crippen molar-refractivity contribution in [2.45, 2.75) is 31.6 Å². The van der Waals surface area contributed by atoms with E-state index < -0.39 is 0 Å². The van der Waals surface area contributed by atoms with E-state index in [-0.39, 0.29) is 18.3 Å². The summed E-state index contributed by atoms with van der Waals surface area (Å²) >= 11 is 0. The second-order valence-electron chi connectivity index (χ2n) is 5.63. The lowest BCUT2D eigenvalue weighted by Crippen LogP contribution is -2.19. The minimum absolute atomic E-state index is 0. The number of nitrogens with two attached hydrogens (primary N) is 1. The molecule has 22 heavy (non-hydrogen) atoms. The number of fused-ring (bicyclic) bond motifs is 1. The Morgan fingerprint density at radius 2 is 1.86 bits per heavy atom. The normalized spacial score (nSPS) is 16.3. The molecular formula is C18H21ClN2O. The van der Waals surface area contributed by atoms with Crippen molar-refractivity contribution in [3.05, 3.63) is 59.7 Å². The first-order valence-electron chi connectivity index (χ1n) is 7.46. The summed E-state index contributed by atoms with van der Waals surface area (Å²) in [6.45, 7) is 0. The summed E-state index contributed by atoms with van der Waals surface area (Å²) in [5.74, 6) is 0.356. The van der Waals surface area contributed by atoms with Crippen molar-refractivity contribution >= 4 is 29.7 Å². The molecule has 3 N–H and O–H groups in total. The van der Waals surface area contributed by atoms with Crippen LogP contribution in [0.5, 0.6) is 0 Å². The molecule has 0 radical (unpaired) electrons. The highest BCUT2D eigenvalue weighted by atomic mass is 35.5. The Morgan fingerprint density at radius 3 is 2.68 bits per heavy atom. The smallest absolute Gasteiger partial charge is 0.225 e. The highest BCUT2D eigenvalue weighted by Crippen LogP contribution is 2.34. The van der Waals surface area contributed by atoms with E-state index in [2.05, 4.69) is 29.6 Å². The Bertz CT molecular complexity index is 657. The van der Waals surface area contributed by atoms with Crippen molar-refractivity contribution in [1.29, 1.82) is 0 Å². The van der Waals surface area contributed by atoms with Crippen LogP contribution in [0.4, 0.5) is 11.4 Å². The Kier molecular flexibility index (Phi) is 5.45. The maximum atomic E-state index is 12.3. The van der Waals surface area contributed by atoms with Crippen molar-refractivity contribution in [3.8, 4) is 0 Å². The summed E-state index contributed by atoms with van der Waals surface area (Å²) < 4.78 is 0. The third-order valence-electron chi connectivity index (χ3n) is 4.16. The molecule has 2 aromatic carbocycles. The van der Waals surface area contributed by atoms with E-state index in [0.29, 0.717) is 23.7 Å². The Balaban J connectivity index is 0.00000176. The molecule has 0 aliphatic heterocycles. The zero-order valence-corrected chi connectivity index (χ0v) is 13.2. The molecule has 1 aliphatic carbocycles. The van der Waals surface area contributed by atoms with Crippen LogP contribution >= 0.6 is 12.4 Å². The van der Waals surface area contributed by atoms with Gasteiger partial charge in [0.05, 0.1) is 11.4 Å². The molecule has 2 aromatic rings. The Morgan fingerprint density at radius 1 is 1.14 bits per heavy atom. The maximum absolute atomic E-state index is 12.3. The molecule has 0 saturated heterocycles. The summed E-state index contributed by atoms with van der Waals surface area (Å²) in [4.78, 5) is 12.3. The van der Waals surface area contributed by atoms with Gasteiger partial charge in [0.2, 0.25) is 5.91 Å². The Hall–Kier alpha value is -2.00. The molecule has 1 unspecified atom stereocenters. The summed E-state index contributed by atoms with van der Waals surface area (Å²) in [5, 5.41) is 2.92. The minimum Gasteiger partial charge on any atom is -0.397 e. The summed E-state index contributed by atoms with van der Waals surface area (Å²) in [5.41, 5.74) is 9.89. The topological polar surface area (TPSA) is 55.1 Å². The van der Waals surface area contributed by atoms with E-state index in [1.807, 2.05) is 18.2 Å². The molecule has 1 aliphatic rings. The first kappa shape index (κ1) is 16.4. The van der Waals surface area contributed by atoms with Gasteiger partial charge in [-0.25, -0.2) is 0 Å². The van der Waals surface area contributed by atoms with Gasteiger partial charge >= 0.3 is 0 Å². The van der Waals surface area contributed by atoms with Crippen LogP contribution in [0.1, 0.15) is 36.3 Å². The fourth-order valence-electron chi connectivity index (χ4n) is 3.10. The van der Waals surface area contributed by atoms with Gasteiger partial charge < -0.3 is 11.1 Å². The van der Waals surface area contributed by atoms with Crippen molar-refractivity contribution in [1.82, 2.24) is 0 Å². The molecule has 0 heterocycles. The molecule has 3 nitrogen and oxygen atoms in total. The number of carbonyl (C=O) groups excluding carboxylic acids is 1. The molecule has 0 spiro atoms. The zero-order chi connectivity index (χ0) is 14.7. The highest BCUT2D eigenvalue weighted by molar-refractivity contribution is 5.94. The summed E-state index contributed by atoms with van der Waals surface area (Å²) in [6, 6.07) is 15.8. The third-order valence-corrected chi connectivity index (χ3v) is 4.16. The molecule has 0 saturated carbocycles. The molecule has 0 fully saturated rings. The van der Waals surface area contributed by atoms with Gasteiger partial charge in [-0.3, -0.25) is 4.79 Å². The van der Waals surface area contributed by atoms with E-state index in [1.165, 1.54) is 11.1 Å². The minimum atomic E-state index is 0. The number of rotatable bonds is 3.